The average Bonchev–Trinajstić information content (AvgIpc) is 2.86. The van der Waals surface area contributed by atoms with Gasteiger partial charge in [-0.15, -0.1) is 0 Å². The molecule has 0 radical (unpaired) electrons. The first-order chi connectivity index (χ1) is 10.2. The van der Waals surface area contributed by atoms with Gasteiger partial charge in [0, 0.05) is 17.8 Å². The molecular formula is C17H18N2O2. The number of nitrogens with one attached hydrogen (secondary N) is 1. The number of amides is 1. The molecule has 3 rings (SSSR count). The molecule has 1 aliphatic rings. The van der Waals surface area contributed by atoms with Crippen LogP contribution in [0.5, 0.6) is 5.75 Å². The second-order valence-corrected chi connectivity index (χ2v) is 5.19. The van der Waals surface area contributed by atoms with Crippen LogP contribution in [0, 0.1) is 6.92 Å². The smallest absolute Gasteiger partial charge is 0.215 e. The summed E-state index contributed by atoms with van der Waals surface area (Å²) >= 11 is 0. The van der Waals surface area contributed by atoms with Crippen LogP contribution in [0.2, 0.25) is 0 Å². The Morgan fingerprint density at radius 1 is 1.29 bits per heavy atom. The summed E-state index contributed by atoms with van der Waals surface area (Å²) < 4.78 is 5.22. The molecular weight excluding hydrogens is 264 g/mol. The summed E-state index contributed by atoms with van der Waals surface area (Å²) in [6.45, 7) is 2.03. The lowest BCUT2D eigenvalue weighted by atomic mass is 10.1. The van der Waals surface area contributed by atoms with Crippen molar-refractivity contribution in [3.63, 3.8) is 0 Å². The van der Waals surface area contributed by atoms with Crippen LogP contribution in [0.1, 0.15) is 11.1 Å². The number of rotatable bonds is 4. The van der Waals surface area contributed by atoms with Crippen LogP contribution in [0.25, 0.3) is 0 Å². The first kappa shape index (κ1) is 13.5. The molecule has 1 amide bonds. The number of anilines is 2. The van der Waals surface area contributed by atoms with Crippen molar-refractivity contribution >= 4 is 17.8 Å². The molecule has 1 heterocycles. The molecule has 108 valence electrons. The highest BCUT2D eigenvalue weighted by atomic mass is 16.5. The molecule has 0 bridgehead atoms. The highest BCUT2D eigenvalue weighted by Crippen LogP contribution is 2.32. The van der Waals surface area contributed by atoms with Crippen molar-refractivity contribution in [2.75, 3.05) is 17.3 Å². The van der Waals surface area contributed by atoms with Gasteiger partial charge in [0.2, 0.25) is 6.41 Å². The van der Waals surface area contributed by atoms with Gasteiger partial charge in [0.05, 0.1) is 7.11 Å². The number of carbonyl (C=O) groups is 1. The van der Waals surface area contributed by atoms with Gasteiger partial charge in [0.15, 0.2) is 0 Å². The van der Waals surface area contributed by atoms with Crippen LogP contribution in [-0.4, -0.2) is 19.7 Å². The third-order valence-electron chi connectivity index (χ3n) is 3.89. The SMILES string of the molecule is COc1ccc(N[C@@H]2Cc3ccccc3N2C=O)c(C)c1. The Morgan fingerprint density at radius 3 is 2.81 bits per heavy atom. The minimum atomic E-state index is -0.0491. The van der Waals surface area contributed by atoms with E-state index in [2.05, 4.69) is 11.4 Å². The molecule has 2 aromatic carbocycles. The van der Waals surface area contributed by atoms with Gasteiger partial charge in [-0.3, -0.25) is 9.69 Å². The number of hydrogen-bond acceptors (Lipinski definition) is 3. The van der Waals surface area contributed by atoms with Gasteiger partial charge < -0.3 is 10.1 Å². The van der Waals surface area contributed by atoms with Crippen LogP contribution in [0.15, 0.2) is 42.5 Å². The third-order valence-corrected chi connectivity index (χ3v) is 3.89. The molecule has 1 atom stereocenters. The maximum absolute atomic E-state index is 11.4. The summed E-state index contributed by atoms with van der Waals surface area (Å²) in [5.41, 5.74) is 4.28. The molecule has 0 saturated carbocycles. The summed E-state index contributed by atoms with van der Waals surface area (Å²) in [7, 11) is 1.66. The van der Waals surface area contributed by atoms with Crippen molar-refractivity contribution in [3.8, 4) is 5.75 Å². The van der Waals surface area contributed by atoms with Crippen molar-refractivity contribution in [2.45, 2.75) is 19.5 Å². The summed E-state index contributed by atoms with van der Waals surface area (Å²) in [6.07, 6.45) is 1.65. The molecule has 21 heavy (non-hydrogen) atoms. The summed E-state index contributed by atoms with van der Waals surface area (Å²) in [5.74, 6) is 0.833. The Labute approximate surface area is 124 Å². The number of ether oxygens (including phenoxy) is 1. The normalized spacial score (nSPS) is 16.5. The van der Waals surface area contributed by atoms with E-state index in [1.165, 1.54) is 5.56 Å². The van der Waals surface area contributed by atoms with Crippen LogP contribution < -0.4 is 15.0 Å². The van der Waals surface area contributed by atoms with Gasteiger partial charge in [0.25, 0.3) is 0 Å². The van der Waals surface area contributed by atoms with E-state index in [1.54, 1.807) is 12.0 Å². The van der Waals surface area contributed by atoms with E-state index in [1.807, 2.05) is 43.3 Å². The van der Waals surface area contributed by atoms with E-state index in [4.69, 9.17) is 4.74 Å². The fourth-order valence-electron chi connectivity index (χ4n) is 2.77. The van der Waals surface area contributed by atoms with Crippen LogP contribution >= 0.6 is 0 Å². The molecule has 0 spiro atoms. The van der Waals surface area contributed by atoms with Gasteiger partial charge in [0.1, 0.15) is 11.9 Å². The zero-order valence-corrected chi connectivity index (χ0v) is 12.2. The second kappa shape index (κ2) is 5.48. The maximum atomic E-state index is 11.4. The Bertz CT molecular complexity index is 670. The topological polar surface area (TPSA) is 41.6 Å². The van der Waals surface area contributed by atoms with E-state index in [9.17, 15) is 4.79 Å². The number of aryl methyl sites for hydroxylation is 1. The van der Waals surface area contributed by atoms with Gasteiger partial charge >= 0.3 is 0 Å². The van der Waals surface area contributed by atoms with Crippen LogP contribution in [0.4, 0.5) is 11.4 Å². The molecule has 2 aromatic rings. The number of methoxy groups -OCH3 is 1. The zero-order chi connectivity index (χ0) is 14.8. The number of benzene rings is 2. The van der Waals surface area contributed by atoms with Gasteiger partial charge in [-0.05, 0) is 42.3 Å². The molecule has 0 unspecified atom stereocenters. The predicted octanol–water partition coefficient (Wildman–Crippen LogP) is 2.96. The number of nitrogens with zero attached hydrogens (tertiary/aromatic N) is 1. The minimum Gasteiger partial charge on any atom is -0.497 e. The Hall–Kier alpha value is -2.49. The number of fused-ring (bicyclic) bond motifs is 1. The van der Waals surface area contributed by atoms with E-state index in [-0.39, 0.29) is 6.17 Å². The monoisotopic (exact) mass is 282 g/mol. The highest BCUT2D eigenvalue weighted by Gasteiger charge is 2.28. The number of para-hydroxylation sites is 1. The molecule has 1 N–H and O–H groups in total. The summed E-state index contributed by atoms with van der Waals surface area (Å²) in [5, 5.41) is 3.45. The van der Waals surface area contributed by atoms with Gasteiger partial charge in [-0.25, -0.2) is 0 Å². The van der Waals surface area contributed by atoms with Crippen molar-refractivity contribution < 1.29 is 9.53 Å². The lowest BCUT2D eigenvalue weighted by molar-refractivity contribution is -0.107. The van der Waals surface area contributed by atoms with Crippen LogP contribution in [0.3, 0.4) is 0 Å². The standard InChI is InChI=1S/C17H18N2O2/c1-12-9-14(21-2)7-8-15(12)18-17-10-13-5-3-4-6-16(13)19(17)11-20/h3-9,11,17-18H,10H2,1-2H3/t17-/m0/s1. The Kier molecular flexibility index (Phi) is 3.52. The Morgan fingerprint density at radius 2 is 2.10 bits per heavy atom. The van der Waals surface area contributed by atoms with Crippen molar-refractivity contribution in [3.05, 3.63) is 53.6 Å². The van der Waals surface area contributed by atoms with Crippen LogP contribution in [-0.2, 0) is 11.2 Å². The third kappa shape index (κ3) is 2.44. The van der Waals surface area contributed by atoms with Crippen molar-refractivity contribution in [1.29, 1.82) is 0 Å². The largest absolute Gasteiger partial charge is 0.497 e. The molecule has 4 heteroatoms. The maximum Gasteiger partial charge on any atom is 0.215 e. The Balaban J connectivity index is 1.85. The fourth-order valence-corrected chi connectivity index (χ4v) is 2.77. The minimum absolute atomic E-state index is 0.0491. The second-order valence-electron chi connectivity index (χ2n) is 5.19. The highest BCUT2D eigenvalue weighted by molar-refractivity contribution is 5.81. The van der Waals surface area contributed by atoms with E-state index in [0.29, 0.717) is 0 Å². The fraction of sp³-hybridized carbons (Fsp3) is 0.235. The van der Waals surface area contributed by atoms with Gasteiger partial charge in [-0.1, -0.05) is 18.2 Å². The van der Waals surface area contributed by atoms with Crippen molar-refractivity contribution in [2.24, 2.45) is 0 Å². The molecule has 0 aromatic heterocycles. The molecule has 1 aliphatic heterocycles. The van der Waals surface area contributed by atoms with E-state index >= 15 is 0 Å². The molecule has 0 fully saturated rings. The predicted molar refractivity (Wildman–Crippen MR) is 83.8 cm³/mol. The van der Waals surface area contributed by atoms with Crippen molar-refractivity contribution in [1.82, 2.24) is 0 Å². The molecule has 0 saturated heterocycles. The number of carbonyl (C=O) groups excluding carboxylic acids is 1. The lowest BCUT2D eigenvalue weighted by Crippen LogP contribution is -2.37. The molecule has 4 nitrogen and oxygen atoms in total. The van der Waals surface area contributed by atoms with E-state index < -0.39 is 0 Å². The number of hydrogen-bond donors (Lipinski definition) is 1. The quantitative estimate of drug-likeness (QED) is 0.877. The first-order valence-corrected chi connectivity index (χ1v) is 6.95. The van der Waals surface area contributed by atoms with Gasteiger partial charge in [-0.2, -0.15) is 0 Å². The lowest BCUT2D eigenvalue weighted by Gasteiger charge is -2.24. The average molecular weight is 282 g/mol. The first-order valence-electron chi connectivity index (χ1n) is 6.95. The molecule has 0 aliphatic carbocycles. The summed E-state index contributed by atoms with van der Waals surface area (Å²) in [6, 6.07) is 13.9. The van der Waals surface area contributed by atoms with E-state index in [0.717, 1.165) is 35.5 Å². The summed E-state index contributed by atoms with van der Waals surface area (Å²) in [4.78, 5) is 13.2. The zero-order valence-electron chi connectivity index (χ0n) is 12.2.